The van der Waals surface area contributed by atoms with Crippen LogP contribution in [0, 0.1) is 17.1 Å². The lowest BCUT2D eigenvalue weighted by Gasteiger charge is -2.24. The molecule has 0 spiro atoms. The number of benzene rings is 2. The normalized spacial score (nSPS) is 20.1. The van der Waals surface area contributed by atoms with E-state index in [1.54, 1.807) is 33.9 Å². The molecular formula is C23H18FN5O. The first-order valence-corrected chi connectivity index (χ1v) is 9.54. The van der Waals surface area contributed by atoms with Crippen LogP contribution in [0.3, 0.4) is 0 Å². The van der Waals surface area contributed by atoms with Gasteiger partial charge in [-0.2, -0.15) is 10.4 Å². The lowest BCUT2D eigenvalue weighted by atomic mass is 9.85. The van der Waals surface area contributed by atoms with Crippen LogP contribution in [-0.4, -0.2) is 24.4 Å². The molecule has 0 amide bonds. The maximum Gasteiger partial charge on any atom is 0.133 e. The minimum absolute atomic E-state index is 0.262. The fraction of sp³-hybridized carbons (Fsp3) is 0.174. The number of nitrogens with zero attached hydrogens (tertiary/aromatic N) is 5. The zero-order valence-corrected chi connectivity index (χ0v) is 16.2. The van der Waals surface area contributed by atoms with E-state index >= 15 is 0 Å². The Labute approximate surface area is 172 Å². The van der Waals surface area contributed by atoms with Gasteiger partial charge in [0, 0.05) is 30.8 Å². The second-order valence-electron chi connectivity index (χ2n) is 7.57. The summed E-state index contributed by atoms with van der Waals surface area (Å²) in [6, 6.07) is 15.5. The predicted octanol–water partition coefficient (Wildman–Crippen LogP) is 3.52. The SMILES string of the molecule is Cn1ccc(-c2cccc([C@@]3(O)C[C@H](c4ccc(C#N)cc4F)n4cncc43)c2)n1. The molecule has 2 aromatic carbocycles. The lowest BCUT2D eigenvalue weighted by molar-refractivity contribution is 0.0793. The van der Waals surface area contributed by atoms with Crippen LogP contribution in [0.1, 0.15) is 34.8 Å². The number of rotatable bonds is 3. The van der Waals surface area contributed by atoms with E-state index in [4.69, 9.17) is 5.26 Å². The summed E-state index contributed by atoms with van der Waals surface area (Å²) < 4.78 is 18.3. The average Bonchev–Trinajstić information content (AvgIpc) is 3.46. The first-order valence-electron chi connectivity index (χ1n) is 9.54. The summed E-state index contributed by atoms with van der Waals surface area (Å²) >= 11 is 0. The van der Waals surface area contributed by atoms with Crippen molar-refractivity contribution in [1.82, 2.24) is 19.3 Å². The second kappa shape index (κ2) is 6.65. The van der Waals surface area contributed by atoms with Gasteiger partial charge in [0.05, 0.1) is 41.6 Å². The van der Waals surface area contributed by atoms with Crippen molar-refractivity contribution < 1.29 is 9.50 Å². The fourth-order valence-electron chi connectivity index (χ4n) is 4.25. The molecule has 0 fully saturated rings. The Bertz CT molecular complexity index is 1300. The highest BCUT2D eigenvalue weighted by molar-refractivity contribution is 5.60. The van der Waals surface area contributed by atoms with Crippen molar-refractivity contribution >= 4 is 0 Å². The van der Waals surface area contributed by atoms with Gasteiger partial charge >= 0.3 is 0 Å². The third kappa shape index (κ3) is 2.73. The third-order valence-electron chi connectivity index (χ3n) is 5.75. The minimum Gasteiger partial charge on any atom is -0.379 e. The Morgan fingerprint density at radius 3 is 2.83 bits per heavy atom. The molecule has 30 heavy (non-hydrogen) atoms. The van der Waals surface area contributed by atoms with Gasteiger partial charge in [-0.05, 0) is 29.8 Å². The molecule has 0 bridgehead atoms. The highest BCUT2D eigenvalue weighted by atomic mass is 19.1. The Morgan fingerprint density at radius 1 is 1.23 bits per heavy atom. The van der Waals surface area contributed by atoms with Gasteiger partial charge in [-0.1, -0.05) is 24.3 Å². The molecule has 7 heteroatoms. The first-order chi connectivity index (χ1) is 14.5. The molecule has 1 aliphatic rings. The summed E-state index contributed by atoms with van der Waals surface area (Å²) in [6.07, 6.45) is 5.36. The van der Waals surface area contributed by atoms with E-state index in [-0.39, 0.29) is 12.0 Å². The van der Waals surface area contributed by atoms with Gasteiger partial charge in [0.2, 0.25) is 0 Å². The molecule has 4 aromatic rings. The summed E-state index contributed by atoms with van der Waals surface area (Å²) in [4.78, 5) is 4.20. The molecule has 1 aliphatic heterocycles. The van der Waals surface area contributed by atoms with Crippen molar-refractivity contribution in [2.24, 2.45) is 7.05 Å². The highest BCUT2D eigenvalue weighted by Crippen LogP contribution is 2.47. The van der Waals surface area contributed by atoms with Crippen molar-refractivity contribution in [2.75, 3.05) is 0 Å². The average molecular weight is 399 g/mol. The van der Waals surface area contributed by atoms with Crippen LogP contribution in [0.5, 0.6) is 0 Å². The monoisotopic (exact) mass is 399 g/mol. The van der Waals surface area contributed by atoms with Crippen LogP contribution in [0.2, 0.25) is 0 Å². The molecule has 2 atom stereocenters. The van der Waals surface area contributed by atoms with Crippen molar-refractivity contribution in [2.45, 2.75) is 18.1 Å². The van der Waals surface area contributed by atoms with Crippen LogP contribution >= 0.6 is 0 Å². The molecule has 2 aromatic heterocycles. The highest BCUT2D eigenvalue weighted by Gasteiger charge is 2.45. The van der Waals surface area contributed by atoms with Crippen LogP contribution < -0.4 is 0 Å². The van der Waals surface area contributed by atoms with Crippen LogP contribution in [0.4, 0.5) is 4.39 Å². The molecule has 5 rings (SSSR count). The molecule has 148 valence electrons. The second-order valence-corrected chi connectivity index (χ2v) is 7.57. The smallest absolute Gasteiger partial charge is 0.133 e. The molecule has 0 unspecified atom stereocenters. The van der Waals surface area contributed by atoms with E-state index < -0.39 is 17.5 Å². The van der Waals surface area contributed by atoms with Crippen molar-refractivity contribution in [1.29, 1.82) is 5.26 Å². The summed E-state index contributed by atoms with van der Waals surface area (Å²) in [6.45, 7) is 0. The Morgan fingerprint density at radius 2 is 2.10 bits per heavy atom. The number of hydrogen-bond acceptors (Lipinski definition) is 4. The largest absolute Gasteiger partial charge is 0.379 e. The Kier molecular flexibility index (Phi) is 4.05. The maximum absolute atomic E-state index is 14.8. The van der Waals surface area contributed by atoms with Gasteiger partial charge in [-0.3, -0.25) is 4.68 Å². The molecular weight excluding hydrogens is 381 g/mol. The summed E-state index contributed by atoms with van der Waals surface area (Å²) in [5, 5.41) is 25.2. The van der Waals surface area contributed by atoms with Crippen LogP contribution in [0.15, 0.2) is 67.3 Å². The number of aliphatic hydroxyl groups is 1. The van der Waals surface area contributed by atoms with Crippen LogP contribution in [0.25, 0.3) is 11.3 Å². The van der Waals surface area contributed by atoms with E-state index in [9.17, 15) is 9.50 Å². The van der Waals surface area contributed by atoms with E-state index in [0.717, 1.165) is 11.3 Å². The summed E-state index contributed by atoms with van der Waals surface area (Å²) in [5.74, 6) is -0.467. The first kappa shape index (κ1) is 18.3. The standard InChI is InChI=1S/C23H18FN5O/c1-28-8-7-20(27-28)16-3-2-4-17(10-16)23(30)11-21(29-14-26-13-22(23)29)18-6-5-15(12-25)9-19(18)24/h2-10,13-14,21,30H,11H2,1H3/t21-,23+/m1/s1. The molecule has 0 aliphatic carbocycles. The Hall–Kier alpha value is -3.76. The van der Waals surface area contributed by atoms with Gasteiger partial charge < -0.3 is 9.67 Å². The summed E-state index contributed by atoms with van der Waals surface area (Å²) in [7, 11) is 1.85. The predicted molar refractivity (Wildman–Crippen MR) is 108 cm³/mol. The zero-order chi connectivity index (χ0) is 20.9. The van der Waals surface area contributed by atoms with Crippen LogP contribution in [-0.2, 0) is 12.6 Å². The van der Waals surface area contributed by atoms with E-state index in [1.807, 2.05) is 49.6 Å². The van der Waals surface area contributed by atoms with Gasteiger partial charge in [-0.25, -0.2) is 9.37 Å². The molecule has 0 radical (unpaired) electrons. The number of fused-ring (bicyclic) bond motifs is 1. The molecule has 3 heterocycles. The van der Waals surface area contributed by atoms with Gasteiger partial charge in [0.25, 0.3) is 0 Å². The quantitative estimate of drug-likeness (QED) is 0.572. The number of imidazole rings is 1. The van der Waals surface area contributed by atoms with E-state index in [1.165, 1.54) is 6.07 Å². The van der Waals surface area contributed by atoms with Crippen molar-refractivity contribution in [3.05, 3.63) is 95.5 Å². The Balaban J connectivity index is 1.59. The van der Waals surface area contributed by atoms with Gasteiger partial charge in [0.1, 0.15) is 11.4 Å². The number of hydrogen-bond donors (Lipinski definition) is 1. The molecule has 0 saturated heterocycles. The van der Waals surface area contributed by atoms with Crippen molar-refractivity contribution in [3.8, 4) is 17.3 Å². The lowest BCUT2D eigenvalue weighted by Crippen LogP contribution is -2.24. The minimum atomic E-state index is -1.33. The fourth-order valence-corrected chi connectivity index (χ4v) is 4.25. The van der Waals surface area contributed by atoms with E-state index in [0.29, 0.717) is 16.8 Å². The van der Waals surface area contributed by atoms with E-state index in [2.05, 4.69) is 10.1 Å². The molecule has 6 nitrogen and oxygen atoms in total. The van der Waals surface area contributed by atoms with Crippen molar-refractivity contribution in [3.63, 3.8) is 0 Å². The third-order valence-corrected chi connectivity index (χ3v) is 5.75. The molecule has 0 saturated carbocycles. The van der Waals surface area contributed by atoms with Gasteiger partial charge in [0.15, 0.2) is 0 Å². The van der Waals surface area contributed by atoms with Gasteiger partial charge in [-0.15, -0.1) is 0 Å². The number of halogens is 1. The zero-order valence-electron chi connectivity index (χ0n) is 16.2. The maximum atomic E-state index is 14.8. The number of aryl methyl sites for hydroxylation is 1. The number of aromatic nitrogens is 4. The topological polar surface area (TPSA) is 79.7 Å². The molecule has 1 N–H and O–H groups in total. The number of nitriles is 1. The summed E-state index contributed by atoms with van der Waals surface area (Å²) in [5.41, 5.74) is 2.36.